The molecule has 5 N–H and O–H groups in total. The summed E-state index contributed by atoms with van der Waals surface area (Å²) in [6, 6.07) is 0.608. The number of carbonyl (C=O) groups excluding carboxylic acids is 1. The van der Waals surface area contributed by atoms with Crippen molar-refractivity contribution in [3.63, 3.8) is 0 Å². The maximum atomic E-state index is 12.4. The van der Waals surface area contributed by atoms with E-state index in [-0.39, 0.29) is 0 Å². The number of primary amides is 1. The highest BCUT2D eigenvalue weighted by atomic mass is 19.4. The number of nitro groups is 1. The summed E-state index contributed by atoms with van der Waals surface area (Å²) >= 11 is 0. The van der Waals surface area contributed by atoms with Crippen LogP contribution < -0.4 is 16.8 Å². The van der Waals surface area contributed by atoms with Crippen LogP contribution in [0.25, 0.3) is 0 Å². The minimum Gasteiger partial charge on any atom is -0.369 e. The normalized spacial score (nSPS) is 12.1. The second-order valence-electron chi connectivity index (χ2n) is 3.44. The van der Waals surface area contributed by atoms with E-state index in [4.69, 9.17) is 11.5 Å². The highest BCUT2D eigenvalue weighted by molar-refractivity contribution is 5.96. The standard InChI is InChI=1S/C9H8F3N5O3/c10-9(11,12)4-1-2-5(6(3-4)17(19)20)15-7(13)16-8(14)18/h1-3H,(H5,13,14,15,16,18). The van der Waals surface area contributed by atoms with E-state index in [9.17, 15) is 28.1 Å². The Balaban J connectivity index is 3.28. The summed E-state index contributed by atoms with van der Waals surface area (Å²) < 4.78 is 37.3. The van der Waals surface area contributed by atoms with Crippen molar-refractivity contribution in [1.29, 1.82) is 0 Å². The molecule has 0 heterocycles. The number of halogens is 3. The number of urea groups is 1. The fourth-order valence-electron chi connectivity index (χ4n) is 1.22. The molecule has 0 aliphatic heterocycles. The van der Waals surface area contributed by atoms with Crippen molar-refractivity contribution in [2.75, 3.05) is 0 Å². The molecule has 0 aromatic heterocycles. The molecule has 20 heavy (non-hydrogen) atoms. The zero-order valence-corrected chi connectivity index (χ0v) is 9.64. The summed E-state index contributed by atoms with van der Waals surface area (Å²) in [4.78, 5) is 23.6. The zero-order chi connectivity index (χ0) is 15.5. The van der Waals surface area contributed by atoms with Gasteiger partial charge in [0.2, 0.25) is 5.96 Å². The van der Waals surface area contributed by atoms with Crippen LogP contribution in [0, 0.1) is 10.1 Å². The number of rotatable bonds is 2. The van der Waals surface area contributed by atoms with E-state index in [1.165, 1.54) is 0 Å². The SMILES string of the molecule is NC(=O)NC(N)=Nc1ccc(C(F)(F)F)cc1[N+](=O)[O-]. The van der Waals surface area contributed by atoms with E-state index in [1.54, 1.807) is 0 Å². The molecule has 0 saturated carbocycles. The predicted octanol–water partition coefficient (Wildman–Crippen LogP) is 1.23. The summed E-state index contributed by atoms with van der Waals surface area (Å²) in [7, 11) is 0. The van der Waals surface area contributed by atoms with Gasteiger partial charge in [0.25, 0.3) is 5.69 Å². The van der Waals surface area contributed by atoms with Crippen LogP contribution in [0.4, 0.5) is 29.3 Å². The molecule has 0 radical (unpaired) electrons. The van der Waals surface area contributed by atoms with Crippen LogP contribution in [-0.4, -0.2) is 16.9 Å². The third-order valence-corrected chi connectivity index (χ3v) is 1.99. The first-order chi connectivity index (χ1) is 9.11. The molecule has 1 aromatic rings. The number of alkyl halides is 3. The van der Waals surface area contributed by atoms with E-state index in [2.05, 4.69) is 4.99 Å². The molecule has 1 rings (SSSR count). The van der Waals surface area contributed by atoms with Gasteiger partial charge in [0.05, 0.1) is 10.5 Å². The molecule has 0 spiro atoms. The van der Waals surface area contributed by atoms with Gasteiger partial charge in [-0.05, 0) is 12.1 Å². The van der Waals surface area contributed by atoms with Gasteiger partial charge in [-0.1, -0.05) is 0 Å². The van der Waals surface area contributed by atoms with Gasteiger partial charge in [-0.15, -0.1) is 0 Å². The molecule has 0 fully saturated rings. The summed E-state index contributed by atoms with van der Waals surface area (Å²) in [5.74, 6) is -0.583. The number of hydrogen-bond donors (Lipinski definition) is 3. The van der Waals surface area contributed by atoms with E-state index in [1.807, 2.05) is 5.32 Å². The first-order valence-electron chi connectivity index (χ1n) is 4.87. The minimum absolute atomic E-state index is 0.316. The molecule has 0 saturated heterocycles. The quantitative estimate of drug-likeness (QED) is 0.326. The molecule has 11 heteroatoms. The van der Waals surface area contributed by atoms with Gasteiger partial charge in [0, 0.05) is 6.07 Å². The number of nitrogens with two attached hydrogens (primary N) is 2. The van der Waals surface area contributed by atoms with Crippen LogP contribution in [0.15, 0.2) is 23.2 Å². The lowest BCUT2D eigenvalue weighted by Crippen LogP contribution is -2.39. The number of aliphatic imine (C=N–C) groups is 1. The number of nitro benzene ring substituents is 1. The number of nitrogens with zero attached hydrogens (tertiary/aromatic N) is 2. The molecule has 1 aromatic carbocycles. The van der Waals surface area contributed by atoms with Gasteiger partial charge < -0.3 is 11.5 Å². The smallest absolute Gasteiger partial charge is 0.369 e. The van der Waals surface area contributed by atoms with Gasteiger partial charge in [0.15, 0.2) is 0 Å². The topological polar surface area (TPSA) is 137 Å². The zero-order valence-electron chi connectivity index (χ0n) is 9.64. The van der Waals surface area contributed by atoms with E-state index in [0.29, 0.717) is 12.1 Å². The van der Waals surface area contributed by atoms with Crippen LogP contribution in [0.5, 0.6) is 0 Å². The van der Waals surface area contributed by atoms with Crippen molar-refractivity contribution in [2.24, 2.45) is 16.5 Å². The molecular formula is C9H8F3N5O3. The Bertz CT molecular complexity index is 585. The van der Waals surface area contributed by atoms with Crippen LogP contribution in [0.3, 0.4) is 0 Å². The van der Waals surface area contributed by atoms with Crippen molar-refractivity contribution in [2.45, 2.75) is 6.18 Å². The predicted molar refractivity (Wildman–Crippen MR) is 62.1 cm³/mol. The second-order valence-corrected chi connectivity index (χ2v) is 3.44. The minimum atomic E-state index is -4.73. The Morgan fingerprint density at radius 2 is 1.95 bits per heavy atom. The Morgan fingerprint density at radius 1 is 1.35 bits per heavy atom. The fourth-order valence-corrected chi connectivity index (χ4v) is 1.22. The van der Waals surface area contributed by atoms with E-state index < -0.39 is 40.0 Å². The summed E-state index contributed by atoms with van der Waals surface area (Å²) in [5.41, 5.74) is 7.36. The van der Waals surface area contributed by atoms with Crippen molar-refractivity contribution >= 4 is 23.4 Å². The van der Waals surface area contributed by atoms with Crippen LogP contribution in [0.1, 0.15) is 5.56 Å². The lowest BCUT2D eigenvalue weighted by Gasteiger charge is -2.07. The average molecular weight is 291 g/mol. The first-order valence-corrected chi connectivity index (χ1v) is 4.87. The Kier molecular flexibility index (Phi) is 4.12. The first kappa shape index (κ1) is 15.2. The molecule has 0 aliphatic carbocycles. The molecule has 0 unspecified atom stereocenters. The van der Waals surface area contributed by atoms with E-state index in [0.717, 1.165) is 6.07 Å². The van der Waals surface area contributed by atoms with Crippen LogP contribution >= 0.6 is 0 Å². The number of nitrogens with one attached hydrogen (secondary N) is 1. The molecule has 8 nitrogen and oxygen atoms in total. The maximum absolute atomic E-state index is 12.4. The molecule has 2 amide bonds. The number of amides is 2. The van der Waals surface area contributed by atoms with Gasteiger partial charge in [-0.3, -0.25) is 15.4 Å². The highest BCUT2D eigenvalue weighted by Crippen LogP contribution is 2.35. The van der Waals surface area contributed by atoms with Crippen LogP contribution in [0.2, 0.25) is 0 Å². The average Bonchev–Trinajstić information content (AvgIpc) is 2.26. The van der Waals surface area contributed by atoms with E-state index >= 15 is 0 Å². The fraction of sp³-hybridized carbons (Fsp3) is 0.111. The number of hydrogen-bond acceptors (Lipinski definition) is 4. The van der Waals surface area contributed by atoms with Crippen LogP contribution in [-0.2, 0) is 6.18 Å². The Morgan fingerprint density at radius 3 is 2.40 bits per heavy atom. The lowest BCUT2D eigenvalue weighted by molar-refractivity contribution is -0.384. The van der Waals surface area contributed by atoms with Crippen molar-refractivity contribution < 1.29 is 22.9 Å². The largest absolute Gasteiger partial charge is 0.416 e. The molecule has 0 aliphatic rings. The maximum Gasteiger partial charge on any atom is 0.416 e. The highest BCUT2D eigenvalue weighted by Gasteiger charge is 2.33. The van der Waals surface area contributed by atoms with Gasteiger partial charge in [-0.25, -0.2) is 9.79 Å². The number of carbonyl (C=O) groups is 1. The number of benzene rings is 1. The number of guanidine groups is 1. The Labute approximate surface area is 109 Å². The lowest BCUT2D eigenvalue weighted by atomic mass is 10.1. The molecular weight excluding hydrogens is 283 g/mol. The summed E-state index contributed by atoms with van der Waals surface area (Å²) in [6.45, 7) is 0. The summed E-state index contributed by atoms with van der Waals surface area (Å²) in [6.07, 6.45) is -4.73. The molecule has 108 valence electrons. The summed E-state index contributed by atoms with van der Waals surface area (Å²) in [5, 5.41) is 12.5. The van der Waals surface area contributed by atoms with Gasteiger partial charge in [-0.2, -0.15) is 13.2 Å². The Hall–Kier alpha value is -2.85. The molecule has 0 bridgehead atoms. The van der Waals surface area contributed by atoms with Crippen molar-refractivity contribution in [3.05, 3.63) is 33.9 Å². The molecule has 0 atom stereocenters. The van der Waals surface area contributed by atoms with Gasteiger partial charge >= 0.3 is 12.2 Å². The van der Waals surface area contributed by atoms with Crippen molar-refractivity contribution in [3.8, 4) is 0 Å². The monoisotopic (exact) mass is 291 g/mol. The third-order valence-electron chi connectivity index (χ3n) is 1.99. The van der Waals surface area contributed by atoms with Crippen molar-refractivity contribution in [1.82, 2.24) is 5.32 Å². The third kappa shape index (κ3) is 3.83. The van der Waals surface area contributed by atoms with Gasteiger partial charge in [0.1, 0.15) is 5.69 Å². The second kappa shape index (κ2) is 5.42.